The minimum atomic E-state index is -0.800. The van der Waals surface area contributed by atoms with Crippen LogP contribution in [0.15, 0.2) is 93.5 Å². The average molecular weight is 545 g/mol. The van der Waals surface area contributed by atoms with Crippen molar-refractivity contribution in [2.24, 2.45) is 5.18 Å². The number of anilines is 2. The molecule has 39 heavy (non-hydrogen) atoms. The first-order chi connectivity index (χ1) is 18.8. The van der Waals surface area contributed by atoms with E-state index in [9.17, 15) is 9.70 Å². The molecule has 0 aliphatic rings. The molecule has 1 amide bonds. The Hall–Kier alpha value is -4.24. The molecule has 3 aromatic carbocycles. The number of furan rings is 1. The lowest BCUT2D eigenvalue weighted by Crippen LogP contribution is -2.28. The Bertz CT molecular complexity index is 1450. The van der Waals surface area contributed by atoms with Gasteiger partial charge in [-0.15, -0.1) is 4.91 Å². The Morgan fingerprint density at radius 3 is 2.49 bits per heavy atom. The van der Waals surface area contributed by atoms with Crippen LogP contribution in [0.3, 0.4) is 0 Å². The number of hydrogen-bond acceptors (Lipinski definition) is 8. The van der Waals surface area contributed by atoms with E-state index in [1.54, 1.807) is 33.9 Å². The lowest BCUT2D eigenvalue weighted by molar-refractivity contribution is 0.0953. The van der Waals surface area contributed by atoms with Crippen LogP contribution in [0.4, 0.5) is 11.4 Å². The molecule has 1 aromatic heterocycles. The minimum absolute atomic E-state index is 0.151. The third-order valence-electron chi connectivity index (χ3n) is 6.28. The number of carbonyl (C=O) groups excluding carboxylic acids is 1. The quantitative estimate of drug-likeness (QED) is 0.0982. The van der Waals surface area contributed by atoms with E-state index in [-0.39, 0.29) is 5.91 Å². The zero-order chi connectivity index (χ0) is 27.8. The molecule has 0 aliphatic heterocycles. The van der Waals surface area contributed by atoms with Crippen LogP contribution in [0.5, 0.6) is 5.75 Å². The van der Waals surface area contributed by atoms with E-state index in [0.29, 0.717) is 24.4 Å². The van der Waals surface area contributed by atoms with E-state index < -0.39 is 5.54 Å². The number of hydrogen-bond donors (Lipinski definition) is 3. The molecule has 0 radical (unpaired) electrons. The van der Waals surface area contributed by atoms with Crippen LogP contribution in [0, 0.1) is 11.8 Å². The minimum Gasteiger partial charge on any atom is -0.496 e. The van der Waals surface area contributed by atoms with E-state index >= 15 is 0 Å². The predicted molar refractivity (Wildman–Crippen MR) is 157 cm³/mol. The van der Waals surface area contributed by atoms with Gasteiger partial charge < -0.3 is 24.5 Å². The lowest BCUT2D eigenvalue weighted by Gasteiger charge is -2.17. The second kappa shape index (κ2) is 12.5. The molecule has 0 saturated heterocycles. The molecule has 0 spiro atoms. The van der Waals surface area contributed by atoms with Crippen LogP contribution >= 0.6 is 11.9 Å². The molecule has 0 saturated carbocycles. The highest BCUT2D eigenvalue weighted by atomic mass is 32.2. The predicted octanol–water partition coefficient (Wildman–Crippen LogP) is 7.23. The highest BCUT2D eigenvalue weighted by Crippen LogP contribution is 2.36. The van der Waals surface area contributed by atoms with Crippen molar-refractivity contribution < 1.29 is 13.9 Å². The number of aryl methyl sites for hydroxylation is 1. The van der Waals surface area contributed by atoms with Crippen molar-refractivity contribution in [1.82, 2.24) is 5.32 Å². The molecule has 0 unspecified atom stereocenters. The molecule has 0 bridgehead atoms. The van der Waals surface area contributed by atoms with Gasteiger partial charge in [-0.2, -0.15) is 0 Å². The molecular formula is C30H32N4O4S. The van der Waals surface area contributed by atoms with Crippen molar-refractivity contribution in [3.8, 4) is 16.9 Å². The van der Waals surface area contributed by atoms with Gasteiger partial charge in [0.1, 0.15) is 17.0 Å². The molecule has 8 nitrogen and oxygen atoms in total. The fraction of sp³-hybridized carbons (Fsp3) is 0.233. The summed E-state index contributed by atoms with van der Waals surface area (Å²) in [7, 11) is 1.65. The number of rotatable bonds is 12. The summed E-state index contributed by atoms with van der Waals surface area (Å²) in [4.78, 5) is 24.4. The fourth-order valence-electron chi connectivity index (χ4n) is 3.97. The van der Waals surface area contributed by atoms with Gasteiger partial charge >= 0.3 is 0 Å². The highest BCUT2D eigenvalue weighted by molar-refractivity contribution is 8.00. The molecule has 0 aliphatic carbocycles. The summed E-state index contributed by atoms with van der Waals surface area (Å²) in [5, 5.41) is 9.49. The summed E-state index contributed by atoms with van der Waals surface area (Å²) in [5.74, 6) is 1.20. The average Bonchev–Trinajstić information content (AvgIpc) is 3.40. The van der Waals surface area contributed by atoms with Crippen LogP contribution < -0.4 is 20.1 Å². The van der Waals surface area contributed by atoms with Crippen molar-refractivity contribution in [1.29, 1.82) is 0 Å². The standard InChI is InChI=1S/C30H32N4O4S/c1-20-26(13-16-38-20)29(35)32-15-14-31-24-9-6-10-25(19-24)33-39-28-18-22(11-12-27(28)37-4)21-7-5-8-23(17-21)30(2,3)34-36/h5-13,16-19,31,33H,14-15H2,1-4H3,(H,32,35). The van der Waals surface area contributed by atoms with E-state index in [2.05, 4.69) is 26.6 Å². The molecule has 1 heterocycles. The molecule has 0 atom stereocenters. The van der Waals surface area contributed by atoms with Gasteiger partial charge in [0.05, 0.1) is 23.8 Å². The molecule has 4 rings (SSSR count). The van der Waals surface area contributed by atoms with E-state index in [4.69, 9.17) is 9.15 Å². The second-order valence-electron chi connectivity index (χ2n) is 9.45. The first-order valence-corrected chi connectivity index (χ1v) is 13.3. The Kier molecular flexibility index (Phi) is 8.93. The normalized spacial score (nSPS) is 11.1. The Morgan fingerprint density at radius 1 is 0.974 bits per heavy atom. The summed E-state index contributed by atoms with van der Waals surface area (Å²) in [6, 6.07) is 23.5. The third-order valence-corrected chi connectivity index (χ3v) is 7.16. The monoisotopic (exact) mass is 544 g/mol. The largest absolute Gasteiger partial charge is 0.496 e. The van der Waals surface area contributed by atoms with Gasteiger partial charge in [-0.3, -0.25) is 4.79 Å². The van der Waals surface area contributed by atoms with Gasteiger partial charge in [-0.05, 0) is 91.9 Å². The van der Waals surface area contributed by atoms with Crippen molar-refractivity contribution in [2.75, 3.05) is 30.2 Å². The summed E-state index contributed by atoms with van der Waals surface area (Å²) in [6.45, 7) is 6.42. The topological polar surface area (TPSA) is 105 Å². The van der Waals surface area contributed by atoms with Gasteiger partial charge in [0.15, 0.2) is 0 Å². The van der Waals surface area contributed by atoms with Crippen LogP contribution in [0.2, 0.25) is 0 Å². The zero-order valence-electron chi connectivity index (χ0n) is 22.4. The third kappa shape index (κ3) is 7.00. The number of nitrogens with zero attached hydrogens (tertiary/aromatic N) is 1. The zero-order valence-corrected chi connectivity index (χ0v) is 23.2. The van der Waals surface area contributed by atoms with E-state index in [0.717, 1.165) is 38.7 Å². The lowest BCUT2D eigenvalue weighted by atomic mass is 9.92. The van der Waals surface area contributed by atoms with E-state index in [1.165, 1.54) is 18.2 Å². The Balaban J connectivity index is 1.38. The highest BCUT2D eigenvalue weighted by Gasteiger charge is 2.21. The van der Waals surface area contributed by atoms with Crippen LogP contribution in [-0.4, -0.2) is 26.1 Å². The van der Waals surface area contributed by atoms with Gasteiger partial charge in [-0.25, -0.2) is 0 Å². The summed E-state index contributed by atoms with van der Waals surface area (Å²) in [5.41, 5.74) is 4.45. The summed E-state index contributed by atoms with van der Waals surface area (Å²) in [6.07, 6.45) is 1.51. The van der Waals surface area contributed by atoms with Crippen LogP contribution in [0.25, 0.3) is 11.1 Å². The fourth-order valence-corrected chi connectivity index (χ4v) is 4.77. The number of benzene rings is 3. The van der Waals surface area contributed by atoms with Crippen molar-refractivity contribution in [3.63, 3.8) is 0 Å². The summed E-state index contributed by atoms with van der Waals surface area (Å²) < 4.78 is 14.2. The number of methoxy groups -OCH3 is 1. The van der Waals surface area contributed by atoms with Gasteiger partial charge in [0.25, 0.3) is 5.91 Å². The number of nitroso groups, excluding NO2 is 1. The Morgan fingerprint density at radius 2 is 1.74 bits per heavy atom. The van der Waals surface area contributed by atoms with Crippen molar-refractivity contribution >= 4 is 29.2 Å². The Labute approximate surface area is 232 Å². The SMILES string of the molecule is COc1ccc(-c2cccc(C(C)(C)N=O)c2)cc1SNc1cccc(NCCNC(=O)c2ccoc2C)c1. The smallest absolute Gasteiger partial charge is 0.254 e. The number of carbonyl (C=O) groups is 1. The maximum atomic E-state index is 12.2. The second-order valence-corrected chi connectivity index (χ2v) is 10.3. The van der Waals surface area contributed by atoms with Crippen molar-refractivity contribution in [2.45, 2.75) is 31.2 Å². The molecule has 4 aromatic rings. The maximum absolute atomic E-state index is 12.2. The van der Waals surface area contributed by atoms with Gasteiger partial charge in [-0.1, -0.05) is 35.5 Å². The van der Waals surface area contributed by atoms with E-state index in [1.807, 2.05) is 60.7 Å². The molecule has 0 fully saturated rings. The molecule has 9 heteroatoms. The first-order valence-electron chi connectivity index (χ1n) is 12.5. The van der Waals surface area contributed by atoms with Crippen LogP contribution in [0.1, 0.15) is 35.5 Å². The van der Waals surface area contributed by atoms with Crippen molar-refractivity contribution in [3.05, 3.63) is 101 Å². The molecule has 3 N–H and O–H groups in total. The number of nitrogens with one attached hydrogen (secondary N) is 3. The van der Waals surface area contributed by atoms with Crippen LogP contribution in [-0.2, 0) is 5.54 Å². The molecular weight excluding hydrogens is 512 g/mol. The number of ether oxygens (including phenoxy) is 1. The summed E-state index contributed by atoms with van der Waals surface area (Å²) >= 11 is 1.45. The number of amides is 1. The molecule has 202 valence electrons. The maximum Gasteiger partial charge on any atom is 0.254 e. The first kappa shape index (κ1) is 27.8. The van der Waals surface area contributed by atoms with Gasteiger partial charge in [0.2, 0.25) is 0 Å². The van der Waals surface area contributed by atoms with Gasteiger partial charge in [0, 0.05) is 24.5 Å².